The largest absolute Gasteiger partial charge is 0.490 e. The van der Waals surface area contributed by atoms with E-state index in [1.807, 2.05) is 50.3 Å². The van der Waals surface area contributed by atoms with Crippen LogP contribution < -0.4 is 14.8 Å². The van der Waals surface area contributed by atoms with Crippen molar-refractivity contribution in [2.75, 3.05) is 13.2 Å². The van der Waals surface area contributed by atoms with Crippen LogP contribution in [0.3, 0.4) is 0 Å². The number of amides is 1. The number of ether oxygens (including phenoxy) is 2. The first-order valence-corrected chi connectivity index (χ1v) is 11.1. The first-order chi connectivity index (χ1) is 14.4. The molecule has 1 amide bonds. The van der Waals surface area contributed by atoms with Crippen LogP contribution in [0.1, 0.15) is 23.6 Å². The number of amidine groups is 1. The van der Waals surface area contributed by atoms with E-state index in [0.717, 1.165) is 21.3 Å². The maximum absolute atomic E-state index is 12.5. The van der Waals surface area contributed by atoms with Crippen LogP contribution in [0.15, 0.2) is 57.4 Å². The summed E-state index contributed by atoms with van der Waals surface area (Å²) in [4.78, 5) is 17.6. The molecule has 1 fully saturated rings. The van der Waals surface area contributed by atoms with Gasteiger partial charge in [-0.2, -0.15) is 0 Å². The molecule has 1 aliphatic heterocycles. The second-order valence-corrected chi connectivity index (χ2v) is 8.49. The van der Waals surface area contributed by atoms with Gasteiger partial charge in [0.25, 0.3) is 5.91 Å². The lowest BCUT2D eigenvalue weighted by molar-refractivity contribution is -0.115. The summed E-state index contributed by atoms with van der Waals surface area (Å²) in [5, 5.41) is 3.39. The minimum atomic E-state index is -0.181. The van der Waals surface area contributed by atoms with E-state index in [4.69, 9.17) is 9.47 Å². The lowest BCUT2D eigenvalue weighted by Crippen LogP contribution is -2.19. The number of hydrogen-bond acceptors (Lipinski definition) is 5. The molecule has 0 aromatic heterocycles. The van der Waals surface area contributed by atoms with Crippen molar-refractivity contribution in [3.63, 3.8) is 0 Å². The molecule has 0 atom stereocenters. The van der Waals surface area contributed by atoms with Crippen LogP contribution in [0, 0.1) is 13.8 Å². The molecule has 7 heteroatoms. The first-order valence-electron chi connectivity index (χ1n) is 9.48. The third kappa shape index (κ3) is 5.34. The first kappa shape index (κ1) is 22.2. The van der Waals surface area contributed by atoms with Gasteiger partial charge in [0.2, 0.25) is 0 Å². The molecule has 30 heavy (non-hydrogen) atoms. The summed E-state index contributed by atoms with van der Waals surface area (Å²) in [7, 11) is 0. The van der Waals surface area contributed by atoms with Crippen LogP contribution in [0.2, 0.25) is 0 Å². The van der Waals surface area contributed by atoms with Gasteiger partial charge in [0, 0.05) is 4.47 Å². The standard InChI is InChI=1S/C23H23BrN2O3S/c1-5-9-29-20-13-18(24)16(11-19(20)28-6-2)12-21-22(27)26-23(30-21)25-17-8-7-14(3)15(4)10-17/h5,7-8,10-13H,1,6,9H2,2-4H3,(H,25,26,27). The Morgan fingerprint density at radius 1 is 1.17 bits per heavy atom. The van der Waals surface area contributed by atoms with Crippen LogP contribution in [-0.2, 0) is 4.79 Å². The lowest BCUT2D eigenvalue weighted by Gasteiger charge is -2.13. The molecule has 156 valence electrons. The third-order valence-corrected chi connectivity index (χ3v) is 5.97. The summed E-state index contributed by atoms with van der Waals surface area (Å²) in [6.45, 7) is 10.6. The van der Waals surface area contributed by atoms with Crippen LogP contribution in [-0.4, -0.2) is 24.3 Å². The molecule has 0 bridgehead atoms. The Morgan fingerprint density at radius 2 is 1.93 bits per heavy atom. The molecule has 0 saturated carbocycles. The molecule has 5 nitrogen and oxygen atoms in total. The van der Waals surface area contributed by atoms with Gasteiger partial charge >= 0.3 is 0 Å². The molecule has 2 aromatic carbocycles. The van der Waals surface area contributed by atoms with Gasteiger partial charge in [-0.1, -0.05) is 34.7 Å². The molecule has 0 radical (unpaired) electrons. The van der Waals surface area contributed by atoms with E-state index in [9.17, 15) is 4.79 Å². The van der Waals surface area contributed by atoms with E-state index in [1.165, 1.54) is 17.3 Å². The summed E-state index contributed by atoms with van der Waals surface area (Å²) in [5.41, 5.74) is 3.99. The minimum absolute atomic E-state index is 0.181. The fourth-order valence-corrected chi connectivity index (χ4v) is 3.99. The highest BCUT2D eigenvalue weighted by Gasteiger charge is 2.24. The van der Waals surface area contributed by atoms with Gasteiger partial charge in [-0.15, -0.1) is 0 Å². The number of benzene rings is 2. The highest BCUT2D eigenvalue weighted by Crippen LogP contribution is 2.37. The second kappa shape index (κ2) is 10.00. The molecule has 1 N–H and O–H groups in total. The number of rotatable bonds is 7. The zero-order chi connectivity index (χ0) is 21.7. The average Bonchev–Trinajstić information content (AvgIpc) is 3.05. The number of hydrogen-bond donors (Lipinski definition) is 1. The molecule has 1 heterocycles. The van der Waals surface area contributed by atoms with Gasteiger partial charge in [0.1, 0.15) is 6.61 Å². The fraction of sp³-hybridized carbons (Fsp3) is 0.217. The predicted molar refractivity (Wildman–Crippen MR) is 128 cm³/mol. The Labute approximate surface area is 189 Å². The highest BCUT2D eigenvalue weighted by molar-refractivity contribution is 9.10. The SMILES string of the molecule is C=CCOc1cc(Br)c(C=C2SC(=Nc3ccc(C)c(C)c3)NC2=O)cc1OCC. The average molecular weight is 487 g/mol. The molecule has 1 saturated heterocycles. The summed E-state index contributed by atoms with van der Waals surface area (Å²) >= 11 is 4.87. The number of aryl methyl sites for hydroxylation is 2. The van der Waals surface area contributed by atoms with E-state index < -0.39 is 0 Å². The second-order valence-electron chi connectivity index (χ2n) is 6.60. The van der Waals surface area contributed by atoms with E-state index in [1.54, 1.807) is 6.08 Å². The summed E-state index contributed by atoms with van der Waals surface area (Å²) in [6, 6.07) is 9.66. The van der Waals surface area contributed by atoms with Crippen LogP contribution in [0.5, 0.6) is 11.5 Å². The van der Waals surface area contributed by atoms with Crippen molar-refractivity contribution in [1.29, 1.82) is 0 Å². The smallest absolute Gasteiger partial charge is 0.264 e. The van der Waals surface area contributed by atoms with Gasteiger partial charge in [0.15, 0.2) is 16.7 Å². The van der Waals surface area contributed by atoms with Crippen molar-refractivity contribution in [3.8, 4) is 11.5 Å². The maximum atomic E-state index is 12.5. The Hall–Kier alpha value is -2.51. The van der Waals surface area contributed by atoms with Gasteiger partial charge < -0.3 is 14.8 Å². The van der Waals surface area contributed by atoms with E-state index in [-0.39, 0.29) is 5.91 Å². The molecule has 0 unspecified atom stereocenters. The van der Waals surface area contributed by atoms with Crippen molar-refractivity contribution in [2.24, 2.45) is 4.99 Å². The van der Waals surface area contributed by atoms with E-state index in [0.29, 0.717) is 34.8 Å². The van der Waals surface area contributed by atoms with Crippen molar-refractivity contribution >= 4 is 50.5 Å². The number of aliphatic imine (C=N–C) groups is 1. The monoisotopic (exact) mass is 486 g/mol. The number of nitrogens with zero attached hydrogens (tertiary/aromatic N) is 1. The van der Waals surface area contributed by atoms with Crippen LogP contribution in [0.4, 0.5) is 5.69 Å². The summed E-state index contributed by atoms with van der Waals surface area (Å²) < 4.78 is 12.2. The van der Waals surface area contributed by atoms with Crippen LogP contribution >= 0.6 is 27.7 Å². The Morgan fingerprint density at radius 3 is 2.63 bits per heavy atom. The molecule has 0 spiro atoms. The molecular formula is C23H23BrN2O3S. The number of halogens is 1. The lowest BCUT2D eigenvalue weighted by atomic mass is 10.1. The zero-order valence-electron chi connectivity index (χ0n) is 17.1. The van der Waals surface area contributed by atoms with Gasteiger partial charge in [-0.3, -0.25) is 4.79 Å². The number of carbonyl (C=O) groups excluding carboxylic acids is 1. The zero-order valence-corrected chi connectivity index (χ0v) is 19.5. The van der Waals surface area contributed by atoms with Crippen molar-refractivity contribution < 1.29 is 14.3 Å². The molecular weight excluding hydrogens is 464 g/mol. The molecule has 1 aliphatic rings. The summed E-state index contributed by atoms with van der Waals surface area (Å²) in [6.07, 6.45) is 3.49. The Bertz CT molecular complexity index is 1050. The van der Waals surface area contributed by atoms with Crippen LogP contribution in [0.25, 0.3) is 6.08 Å². The van der Waals surface area contributed by atoms with Gasteiger partial charge in [-0.05, 0) is 79.6 Å². The predicted octanol–water partition coefficient (Wildman–Crippen LogP) is 5.92. The van der Waals surface area contributed by atoms with Crippen molar-refractivity contribution in [1.82, 2.24) is 5.32 Å². The van der Waals surface area contributed by atoms with Crippen molar-refractivity contribution in [3.05, 3.63) is 69.1 Å². The van der Waals surface area contributed by atoms with E-state index >= 15 is 0 Å². The summed E-state index contributed by atoms with van der Waals surface area (Å²) in [5.74, 6) is 1.05. The van der Waals surface area contributed by atoms with E-state index in [2.05, 4.69) is 39.7 Å². The molecule has 0 aliphatic carbocycles. The normalized spacial score (nSPS) is 16.1. The van der Waals surface area contributed by atoms with Crippen molar-refractivity contribution in [2.45, 2.75) is 20.8 Å². The fourth-order valence-electron chi connectivity index (χ4n) is 2.73. The topological polar surface area (TPSA) is 59.9 Å². The van der Waals surface area contributed by atoms with Gasteiger partial charge in [0.05, 0.1) is 17.2 Å². The number of thioether (sulfide) groups is 1. The third-order valence-electron chi connectivity index (χ3n) is 4.38. The Balaban J connectivity index is 1.88. The maximum Gasteiger partial charge on any atom is 0.264 e. The quantitative estimate of drug-likeness (QED) is 0.389. The highest BCUT2D eigenvalue weighted by atomic mass is 79.9. The number of nitrogens with one attached hydrogen (secondary N) is 1. The Kier molecular flexibility index (Phi) is 7.39. The number of carbonyl (C=O) groups is 1. The minimum Gasteiger partial charge on any atom is -0.490 e. The molecule has 3 rings (SSSR count). The molecule has 2 aromatic rings. The van der Waals surface area contributed by atoms with Gasteiger partial charge in [-0.25, -0.2) is 4.99 Å².